The van der Waals surface area contributed by atoms with Crippen molar-refractivity contribution in [1.82, 2.24) is 4.90 Å². The molecule has 2 heterocycles. The first-order valence-corrected chi connectivity index (χ1v) is 8.27. The minimum Gasteiger partial charge on any atom is -0.463 e. The summed E-state index contributed by atoms with van der Waals surface area (Å²) in [6, 6.07) is 0. The molecule has 4 unspecified atom stereocenters. The van der Waals surface area contributed by atoms with Gasteiger partial charge in [0.1, 0.15) is 12.7 Å². The first-order chi connectivity index (χ1) is 12.7. The number of carbonyl (C=O) groups is 4. The zero-order valence-electron chi connectivity index (χ0n) is 15.2. The number of rotatable bonds is 6. The Labute approximate surface area is 155 Å². The summed E-state index contributed by atoms with van der Waals surface area (Å²) in [6.45, 7) is 3.43. The topological polar surface area (TPSA) is 134 Å². The van der Waals surface area contributed by atoms with Gasteiger partial charge in [-0.25, -0.2) is 0 Å². The molecule has 0 aromatic carbocycles. The van der Waals surface area contributed by atoms with E-state index in [4.69, 9.17) is 24.7 Å². The van der Waals surface area contributed by atoms with Gasteiger partial charge in [0.05, 0.1) is 0 Å². The lowest BCUT2D eigenvalue weighted by Crippen LogP contribution is -2.45. The number of allylic oxidation sites excluding steroid dienone is 1. The Kier molecular flexibility index (Phi) is 6.56. The van der Waals surface area contributed by atoms with Crippen molar-refractivity contribution >= 4 is 23.8 Å². The average molecular weight is 382 g/mol. The Bertz CT molecular complexity index is 686. The van der Waals surface area contributed by atoms with Crippen LogP contribution in [0.25, 0.3) is 0 Å². The van der Waals surface area contributed by atoms with E-state index in [1.165, 1.54) is 31.9 Å². The first-order valence-electron chi connectivity index (χ1n) is 8.27. The monoisotopic (exact) mass is 382 g/mol. The molecule has 2 aliphatic heterocycles. The maximum atomic E-state index is 11.6. The fourth-order valence-electron chi connectivity index (χ4n) is 2.83. The quantitative estimate of drug-likeness (QED) is 0.486. The number of amides is 1. The van der Waals surface area contributed by atoms with Crippen molar-refractivity contribution in [2.45, 2.75) is 51.7 Å². The van der Waals surface area contributed by atoms with Crippen LogP contribution in [0.5, 0.6) is 0 Å². The molecule has 0 bridgehead atoms. The normalized spacial score (nSPS) is 26.9. The molecule has 0 radical (unpaired) electrons. The summed E-state index contributed by atoms with van der Waals surface area (Å²) in [5.74, 6) is -2.36. The lowest BCUT2D eigenvalue weighted by atomic mass is 10.1. The molecule has 2 rings (SSSR count). The smallest absolute Gasteiger partial charge is 0.303 e. The number of primary amides is 1. The van der Waals surface area contributed by atoms with E-state index in [2.05, 4.69) is 0 Å². The second-order valence-corrected chi connectivity index (χ2v) is 6.07. The molecule has 0 spiro atoms. The predicted octanol–water partition coefficient (Wildman–Crippen LogP) is -0.274. The van der Waals surface area contributed by atoms with Crippen LogP contribution in [0.2, 0.25) is 0 Å². The third kappa shape index (κ3) is 5.30. The second-order valence-electron chi connectivity index (χ2n) is 6.07. The highest BCUT2D eigenvalue weighted by Gasteiger charge is 2.51. The molecule has 148 valence electrons. The van der Waals surface area contributed by atoms with Gasteiger partial charge in [0.15, 0.2) is 18.4 Å². The Morgan fingerprint density at radius 3 is 2.30 bits per heavy atom. The summed E-state index contributed by atoms with van der Waals surface area (Å²) in [5, 5.41) is 0. The first kappa shape index (κ1) is 20.4. The predicted molar refractivity (Wildman–Crippen MR) is 89.3 cm³/mol. The van der Waals surface area contributed by atoms with Crippen LogP contribution in [0.15, 0.2) is 24.0 Å². The Balaban J connectivity index is 2.32. The third-order valence-corrected chi connectivity index (χ3v) is 3.87. The van der Waals surface area contributed by atoms with Gasteiger partial charge in [0, 0.05) is 38.7 Å². The number of hydrogen-bond donors (Lipinski definition) is 1. The van der Waals surface area contributed by atoms with Gasteiger partial charge in [-0.15, -0.1) is 0 Å². The second kappa shape index (κ2) is 8.67. The molecule has 1 amide bonds. The van der Waals surface area contributed by atoms with Crippen molar-refractivity contribution in [2.24, 2.45) is 5.73 Å². The van der Waals surface area contributed by atoms with Crippen molar-refractivity contribution in [2.75, 3.05) is 6.61 Å². The van der Waals surface area contributed by atoms with Gasteiger partial charge in [0.2, 0.25) is 5.91 Å². The Hall–Kier alpha value is -2.88. The van der Waals surface area contributed by atoms with E-state index in [0.29, 0.717) is 12.0 Å². The van der Waals surface area contributed by atoms with Gasteiger partial charge in [-0.05, 0) is 6.42 Å². The number of nitrogens with zero attached hydrogens (tertiary/aromatic N) is 1. The van der Waals surface area contributed by atoms with Gasteiger partial charge in [-0.1, -0.05) is 6.08 Å². The molecule has 10 nitrogen and oxygen atoms in total. The largest absolute Gasteiger partial charge is 0.463 e. The van der Waals surface area contributed by atoms with Crippen molar-refractivity contribution in [3.05, 3.63) is 24.0 Å². The zero-order valence-corrected chi connectivity index (χ0v) is 15.2. The molecular weight excluding hydrogens is 360 g/mol. The summed E-state index contributed by atoms with van der Waals surface area (Å²) < 4.78 is 21.4. The average Bonchev–Trinajstić information content (AvgIpc) is 2.89. The number of esters is 3. The van der Waals surface area contributed by atoms with Crippen LogP contribution in [0, 0.1) is 0 Å². The van der Waals surface area contributed by atoms with E-state index in [-0.39, 0.29) is 6.61 Å². The molecule has 0 aromatic heterocycles. The molecular formula is C17H22N2O8. The third-order valence-electron chi connectivity index (χ3n) is 3.87. The standard InChI is InChI=1S/C17H22N2O8/c1-9(20)24-8-13-14(25-10(2)21)15(26-11(3)22)17(27-13)19-6-4-5-12(7-19)16(18)23/h4,6-7,13-15,17H,5,8H2,1-3H3,(H2,18,23). The number of carbonyl (C=O) groups excluding carboxylic acids is 4. The summed E-state index contributed by atoms with van der Waals surface area (Å²) in [5.41, 5.74) is 5.65. The molecule has 2 N–H and O–H groups in total. The van der Waals surface area contributed by atoms with E-state index in [1.54, 1.807) is 12.3 Å². The van der Waals surface area contributed by atoms with E-state index >= 15 is 0 Å². The van der Waals surface area contributed by atoms with Gasteiger partial charge in [-0.2, -0.15) is 0 Å². The van der Waals surface area contributed by atoms with Crippen LogP contribution >= 0.6 is 0 Å². The van der Waals surface area contributed by atoms with Crippen molar-refractivity contribution in [3.8, 4) is 0 Å². The van der Waals surface area contributed by atoms with E-state index in [0.717, 1.165) is 0 Å². The zero-order chi connectivity index (χ0) is 20.1. The van der Waals surface area contributed by atoms with E-state index in [9.17, 15) is 19.2 Å². The van der Waals surface area contributed by atoms with Crippen LogP contribution in [0.1, 0.15) is 27.2 Å². The van der Waals surface area contributed by atoms with E-state index in [1.807, 2.05) is 0 Å². The van der Waals surface area contributed by atoms with Crippen LogP contribution in [0.4, 0.5) is 0 Å². The van der Waals surface area contributed by atoms with Crippen LogP contribution in [0.3, 0.4) is 0 Å². The van der Waals surface area contributed by atoms with Crippen LogP contribution < -0.4 is 5.73 Å². The van der Waals surface area contributed by atoms with Crippen molar-refractivity contribution in [1.29, 1.82) is 0 Å². The molecule has 0 aromatic rings. The highest BCUT2D eigenvalue weighted by Crippen LogP contribution is 2.31. The summed E-state index contributed by atoms with van der Waals surface area (Å²) >= 11 is 0. The molecule has 4 atom stereocenters. The highest BCUT2D eigenvalue weighted by molar-refractivity contribution is 5.92. The minimum atomic E-state index is -1.01. The SMILES string of the molecule is CC(=O)OCC1OC(N2C=CCC(C(N)=O)=C2)C(OC(C)=O)C1OC(C)=O. The fourth-order valence-corrected chi connectivity index (χ4v) is 2.83. The minimum absolute atomic E-state index is 0.203. The number of nitrogens with two attached hydrogens (primary N) is 1. The molecule has 27 heavy (non-hydrogen) atoms. The van der Waals surface area contributed by atoms with Gasteiger partial charge < -0.3 is 29.6 Å². The van der Waals surface area contributed by atoms with Gasteiger partial charge in [-0.3, -0.25) is 19.2 Å². The van der Waals surface area contributed by atoms with Crippen LogP contribution in [-0.4, -0.2) is 59.9 Å². The lowest BCUT2D eigenvalue weighted by molar-refractivity contribution is -0.166. The number of ether oxygens (including phenoxy) is 4. The molecule has 0 saturated carbocycles. The molecule has 0 aliphatic carbocycles. The van der Waals surface area contributed by atoms with Crippen molar-refractivity contribution in [3.63, 3.8) is 0 Å². The molecule has 1 saturated heterocycles. The molecule has 1 fully saturated rings. The summed E-state index contributed by atoms with van der Waals surface area (Å²) in [7, 11) is 0. The Morgan fingerprint density at radius 1 is 1.11 bits per heavy atom. The number of hydrogen-bond acceptors (Lipinski definition) is 9. The van der Waals surface area contributed by atoms with Gasteiger partial charge >= 0.3 is 17.9 Å². The molecule has 10 heteroatoms. The molecule has 2 aliphatic rings. The van der Waals surface area contributed by atoms with Crippen molar-refractivity contribution < 1.29 is 38.1 Å². The summed E-state index contributed by atoms with van der Waals surface area (Å²) in [6.07, 6.45) is 1.35. The maximum absolute atomic E-state index is 11.6. The van der Waals surface area contributed by atoms with E-state index < -0.39 is 48.4 Å². The summed E-state index contributed by atoms with van der Waals surface area (Å²) in [4.78, 5) is 47.2. The maximum Gasteiger partial charge on any atom is 0.303 e. The lowest BCUT2D eigenvalue weighted by Gasteiger charge is -2.30. The fraction of sp³-hybridized carbons (Fsp3) is 0.529. The Morgan fingerprint density at radius 2 is 1.74 bits per heavy atom. The highest BCUT2D eigenvalue weighted by atomic mass is 16.7. The van der Waals surface area contributed by atoms with Crippen LogP contribution in [-0.2, 0) is 38.1 Å². The van der Waals surface area contributed by atoms with Gasteiger partial charge in [0.25, 0.3) is 0 Å².